The molecule has 1 aliphatic rings. The molecular formula is C13H18N4OS2. The van der Waals surface area contributed by atoms with Crippen molar-refractivity contribution in [2.45, 2.75) is 37.2 Å². The third-order valence-electron chi connectivity index (χ3n) is 4.10. The van der Waals surface area contributed by atoms with Gasteiger partial charge in [0.1, 0.15) is 4.83 Å². The molecule has 3 N–H and O–H groups in total. The largest absolute Gasteiger partial charge is 0.294 e. The molecule has 0 radical (unpaired) electrons. The van der Waals surface area contributed by atoms with Gasteiger partial charge in [0.05, 0.1) is 5.39 Å². The molecule has 0 fully saturated rings. The van der Waals surface area contributed by atoms with Crippen molar-refractivity contribution < 1.29 is 0 Å². The Balaban J connectivity index is 2.27. The van der Waals surface area contributed by atoms with Crippen LogP contribution in [0.15, 0.2) is 4.79 Å². The molecule has 108 valence electrons. The van der Waals surface area contributed by atoms with Crippen LogP contribution in [0.2, 0.25) is 0 Å². The van der Waals surface area contributed by atoms with Crippen LogP contribution in [-0.4, -0.2) is 14.3 Å². The van der Waals surface area contributed by atoms with Crippen LogP contribution < -0.4 is 16.8 Å². The van der Waals surface area contributed by atoms with E-state index in [0.717, 1.165) is 28.8 Å². The molecule has 1 atom stereocenters. The van der Waals surface area contributed by atoms with Gasteiger partial charge in [-0.3, -0.25) is 14.8 Å². The number of thioether (sulfide) groups is 1. The Labute approximate surface area is 125 Å². The standard InChI is InChI=1S/C13H18N4OS2/c1-4-13(2)5-7-8(6-19-13)20-10-9(7)11(18)17(3)12(15-10)16-14/h4-6,14H2,1-3H3,(H,15,16)/t13-/m0/s1. The van der Waals surface area contributed by atoms with E-state index < -0.39 is 0 Å². The fourth-order valence-electron chi connectivity index (χ4n) is 2.56. The molecule has 20 heavy (non-hydrogen) atoms. The third-order valence-corrected chi connectivity index (χ3v) is 6.97. The molecule has 0 spiro atoms. The fraction of sp³-hybridized carbons (Fsp3) is 0.538. The highest BCUT2D eigenvalue weighted by atomic mass is 32.2. The summed E-state index contributed by atoms with van der Waals surface area (Å²) in [5.41, 5.74) is 3.68. The minimum absolute atomic E-state index is 0.00852. The second kappa shape index (κ2) is 4.75. The van der Waals surface area contributed by atoms with E-state index in [0.29, 0.717) is 5.95 Å². The lowest BCUT2D eigenvalue weighted by Crippen LogP contribution is -2.28. The van der Waals surface area contributed by atoms with Crippen molar-refractivity contribution >= 4 is 39.3 Å². The first-order valence-corrected chi connectivity index (χ1v) is 8.41. The van der Waals surface area contributed by atoms with E-state index in [1.165, 1.54) is 15.0 Å². The van der Waals surface area contributed by atoms with Gasteiger partial charge in [0.15, 0.2) is 0 Å². The second-order valence-electron chi connectivity index (χ2n) is 5.40. The second-order valence-corrected chi connectivity index (χ2v) is 8.04. The zero-order valence-electron chi connectivity index (χ0n) is 11.8. The number of anilines is 1. The Morgan fingerprint density at radius 3 is 2.95 bits per heavy atom. The molecule has 7 heteroatoms. The lowest BCUT2D eigenvalue weighted by Gasteiger charge is -2.31. The van der Waals surface area contributed by atoms with Gasteiger partial charge in [-0.05, 0) is 18.4 Å². The number of fused-ring (bicyclic) bond motifs is 3. The van der Waals surface area contributed by atoms with Crippen molar-refractivity contribution in [2.24, 2.45) is 12.9 Å². The van der Waals surface area contributed by atoms with E-state index in [4.69, 9.17) is 5.84 Å². The summed E-state index contributed by atoms with van der Waals surface area (Å²) >= 11 is 3.60. The maximum absolute atomic E-state index is 12.6. The predicted molar refractivity (Wildman–Crippen MR) is 86.4 cm³/mol. The molecule has 1 aliphatic heterocycles. The minimum atomic E-state index is -0.00852. The molecule has 2 aromatic heterocycles. The molecule has 0 saturated carbocycles. The Kier molecular flexibility index (Phi) is 3.30. The van der Waals surface area contributed by atoms with Crippen molar-refractivity contribution in [3.05, 3.63) is 20.8 Å². The Morgan fingerprint density at radius 1 is 1.55 bits per heavy atom. The summed E-state index contributed by atoms with van der Waals surface area (Å²) in [6.07, 6.45) is 2.04. The number of rotatable bonds is 2. The molecule has 0 bridgehead atoms. The van der Waals surface area contributed by atoms with Crippen molar-refractivity contribution in [2.75, 3.05) is 5.43 Å². The number of nitrogen functional groups attached to an aromatic ring is 1. The first kappa shape index (κ1) is 13.9. The molecular weight excluding hydrogens is 292 g/mol. The fourth-order valence-corrected chi connectivity index (χ4v) is 5.05. The summed E-state index contributed by atoms with van der Waals surface area (Å²) in [5.74, 6) is 6.80. The number of nitrogens with one attached hydrogen (secondary N) is 1. The Morgan fingerprint density at radius 2 is 2.30 bits per heavy atom. The normalized spacial score (nSPS) is 22.0. The van der Waals surface area contributed by atoms with Crippen molar-refractivity contribution in [1.82, 2.24) is 9.55 Å². The van der Waals surface area contributed by atoms with Crippen molar-refractivity contribution in [1.29, 1.82) is 0 Å². The minimum Gasteiger partial charge on any atom is -0.294 e. The lowest BCUT2D eigenvalue weighted by molar-refractivity contribution is 0.610. The smallest absolute Gasteiger partial charge is 0.263 e. The number of nitrogens with two attached hydrogens (primary N) is 1. The van der Waals surface area contributed by atoms with Crippen LogP contribution in [0.5, 0.6) is 0 Å². The number of hydrazine groups is 1. The average Bonchev–Trinajstić information content (AvgIpc) is 2.80. The summed E-state index contributed by atoms with van der Waals surface area (Å²) in [6, 6.07) is 0. The topological polar surface area (TPSA) is 72.9 Å². The summed E-state index contributed by atoms with van der Waals surface area (Å²) in [6.45, 7) is 4.48. The number of hydrogen-bond donors (Lipinski definition) is 2. The van der Waals surface area contributed by atoms with Crippen LogP contribution in [0.1, 0.15) is 30.7 Å². The molecule has 2 aromatic rings. The van der Waals surface area contributed by atoms with Crippen LogP contribution >= 0.6 is 23.1 Å². The maximum Gasteiger partial charge on any atom is 0.263 e. The molecule has 0 amide bonds. The Hall–Kier alpha value is -1.05. The summed E-state index contributed by atoms with van der Waals surface area (Å²) < 4.78 is 1.71. The number of hydrogen-bond acceptors (Lipinski definition) is 6. The quantitative estimate of drug-likeness (QED) is 0.657. The summed E-state index contributed by atoms with van der Waals surface area (Å²) in [5, 5.41) is 0.784. The van der Waals surface area contributed by atoms with Crippen LogP contribution in [0.4, 0.5) is 5.95 Å². The van der Waals surface area contributed by atoms with Gasteiger partial charge in [0.25, 0.3) is 5.56 Å². The summed E-state index contributed by atoms with van der Waals surface area (Å²) in [4.78, 5) is 19.1. The van der Waals surface area contributed by atoms with Gasteiger partial charge >= 0.3 is 0 Å². The van der Waals surface area contributed by atoms with Gasteiger partial charge < -0.3 is 0 Å². The van der Waals surface area contributed by atoms with Crippen LogP contribution in [-0.2, 0) is 19.2 Å². The molecule has 0 aromatic carbocycles. The zero-order valence-corrected chi connectivity index (χ0v) is 13.5. The first-order valence-electron chi connectivity index (χ1n) is 6.61. The molecule has 0 unspecified atom stereocenters. The van der Waals surface area contributed by atoms with E-state index in [1.807, 2.05) is 11.8 Å². The third kappa shape index (κ3) is 1.96. The van der Waals surface area contributed by atoms with Crippen LogP contribution in [0, 0.1) is 0 Å². The Bertz CT molecular complexity index is 736. The highest BCUT2D eigenvalue weighted by Gasteiger charge is 2.32. The van der Waals surface area contributed by atoms with Crippen molar-refractivity contribution in [3.8, 4) is 0 Å². The zero-order chi connectivity index (χ0) is 14.5. The molecule has 3 rings (SSSR count). The van der Waals surface area contributed by atoms with Crippen LogP contribution in [0.3, 0.4) is 0 Å². The lowest BCUT2D eigenvalue weighted by atomic mass is 9.96. The molecule has 3 heterocycles. The number of thiophene rings is 1. The first-order chi connectivity index (χ1) is 9.49. The van der Waals surface area contributed by atoms with E-state index in [9.17, 15) is 4.79 Å². The van der Waals surface area contributed by atoms with E-state index >= 15 is 0 Å². The average molecular weight is 310 g/mol. The van der Waals surface area contributed by atoms with Gasteiger partial charge in [0.2, 0.25) is 5.95 Å². The maximum atomic E-state index is 12.6. The monoisotopic (exact) mass is 310 g/mol. The summed E-state index contributed by atoms with van der Waals surface area (Å²) in [7, 11) is 1.70. The van der Waals surface area contributed by atoms with Gasteiger partial charge in [0, 0.05) is 22.4 Å². The van der Waals surface area contributed by atoms with Crippen LogP contribution in [0.25, 0.3) is 10.2 Å². The molecule has 5 nitrogen and oxygen atoms in total. The predicted octanol–water partition coefficient (Wildman–Crippen LogP) is 2.24. The molecule has 0 aliphatic carbocycles. The van der Waals surface area contributed by atoms with Crippen molar-refractivity contribution in [3.63, 3.8) is 0 Å². The molecule has 0 saturated heterocycles. The van der Waals surface area contributed by atoms with E-state index in [2.05, 4.69) is 24.3 Å². The van der Waals surface area contributed by atoms with E-state index in [-0.39, 0.29) is 10.3 Å². The van der Waals surface area contributed by atoms with Gasteiger partial charge in [-0.1, -0.05) is 13.8 Å². The van der Waals surface area contributed by atoms with Gasteiger partial charge in [-0.25, -0.2) is 10.8 Å². The van der Waals surface area contributed by atoms with Gasteiger partial charge in [-0.2, -0.15) is 0 Å². The van der Waals surface area contributed by atoms with Gasteiger partial charge in [-0.15, -0.1) is 23.1 Å². The van der Waals surface area contributed by atoms with E-state index in [1.54, 1.807) is 18.4 Å². The highest BCUT2D eigenvalue weighted by molar-refractivity contribution is 8.00. The number of aromatic nitrogens is 2. The number of nitrogens with zero attached hydrogens (tertiary/aromatic N) is 2. The highest BCUT2D eigenvalue weighted by Crippen LogP contribution is 2.45. The SMILES string of the molecule is CC[C@@]1(C)Cc2c(sc3nc(NN)n(C)c(=O)c23)CS1.